The largest absolute Gasteiger partial charge is 0.468 e. The normalized spacial score (nSPS) is 15.7. The minimum atomic E-state index is -4.73. The standard InChI is InChI=1S/C34H29F3N4O5/c1-19(2)21-11-13-22(14-12-21)29(42)27-28(24-15-16-25(38-18-24)34(35,36)37)41(26-17-10-20(3)39-40-26)32(43)31(27)46-30(33(44)45-4)23-8-6-5-7-9-23/h5-19,28,30H,1-4H3/t28?,30-/m1/s1. The zero-order valence-electron chi connectivity index (χ0n) is 25.3. The number of benzene rings is 2. The molecule has 46 heavy (non-hydrogen) atoms. The van der Waals surface area contributed by atoms with Crippen LogP contribution in [0.15, 0.2) is 96.4 Å². The molecule has 1 aliphatic rings. The number of ether oxygens (including phenoxy) is 2. The Kier molecular flexibility index (Phi) is 8.99. The SMILES string of the molecule is COC(=O)[C@H](OC1=C(C(=O)c2ccc(C(C)C)cc2)C(c2ccc(C(F)(F)F)nc2)N(c2ccc(C)nn2)C1=O)c1ccccc1. The lowest BCUT2D eigenvalue weighted by atomic mass is 9.92. The van der Waals surface area contributed by atoms with Gasteiger partial charge in [-0.15, -0.1) is 5.10 Å². The number of esters is 1. The fourth-order valence-electron chi connectivity index (χ4n) is 5.02. The molecule has 3 heterocycles. The van der Waals surface area contributed by atoms with Crippen LogP contribution in [0.4, 0.5) is 19.0 Å². The molecule has 0 N–H and O–H groups in total. The summed E-state index contributed by atoms with van der Waals surface area (Å²) in [7, 11) is 1.15. The average molecular weight is 631 g/mol. The molecule has 1 amide bonds. The van der Waals surface area contributed by atoms with Gasteiger partial charge in [0.2, 0.25) is 6.10 Å². The third-order valence-electron chi connectivity index (χ3n) is 7.45. The van der Waals surface area contributed by atoms with E-state index in [1.807, 2.05) is 13.8 Å². The van der Waals surface area contributed by atoms with Crippen molar-refractivity contribution in [3.63, 3.8) is 0 Å². The van der Waals surface area contributed by atoms with Crippen molar-refractivity contribution < 1.29 is 37.0 Å². The molecular weight excluding hydrogens is 601 g/mol. The van der Waals surface area contributed by atoms with Crippen LogP contribution in [0.5, 0.6) is 0 Å². The van der Waals surface area contributed by atoms with Crippen LogP contribution in [0.1, 0.15) is 70.3 Å². The average Bonchev–Trinajstić information content (AvgIpc) is 3.34. The van der Waals surface area contributed by atoms with Gasteiger partial charge in [0.15, 0.2) is 17.4 Å². The van der Waals surface area contributed by atoms with E-state index in [4.69, 9.17) is 9.47 Å². The third-order valence-corrected chi connectivity index (χ3v) is 7.45. The van der Waals surface area contributed by atoms with Crippen LogP contribution in [-0.2, 0) is 25.2 Å². The van der Waals surface area contributed by atoms with Crippen molar-refractivity contribution in [3.8, 4) is 0 Å². The summed E-state index contributed by atoms with van der Waals surface area (Å²) in [5, 5.41) is 8.17. The van der Waals surface area contributed by atoms with Gasteiger partial charge < -0.3 is 9.47 Å². The molecule has 5 rings (SSSR count). The molecule has 1 aliphatic heterocycles. The number of halogens is 3. The molecule has 12 heteroatoms. The minimum Gasteiger partial charge on any atom is -0.468 e. The van der Waals surface area contributed by atoms with E-state index in [1.165, 1.54) is 6.07 Å². The summed E-state index contributed by atoms with van der Waals surface area (Å²) in [4.78, 5) is 46.4. The van der Waals surface area contributed by atoms with Crippen molar-refractivity contribution in [3.05, 3.63) is 130 Å². The lowest BCUT2D eigenvalue weighted by Crippen LogP contribution is -2.32. The highest BCUT2D eigenvalue weighted by Crippen LogP contribution is 2.44. The van der Waals surface area contributed by atoms with E-state index >= 15 is 0 Å². The predicted molar refractivity (Wildman–Crippen MR) is 160 cm³/mol. The Morgan fingerprint density at radius 1 is 0.891 bits per heavy atom. The number of carbonyl (C=O) groups excluding carboxylic acids is 3. The van der Waals surface area contributed by atoms with Crippen molar-refractivity contribution in [1.29, 1.82) is 0 Å². The van der Waals surface area contributed by atoms with E-state index < -0.39 is 47.4 Å². The number of aromatic nitrogens is 3. The molecule has 0 radical (unpaired) electrons. The van der Waals surface area contributed by atoms with Crippen LogP contribution in [-0.4, -0.2) is 40.0 Å². The van der Waals surface area contributed by atoms with Gasteiger partial charge >= 0.3 is 12.1 Å². The smallest absolute Gasteiger partial charge is 0.433 e. The molecule has 2 aromatic carbocycles. The second kappa shape index (κ2) is 12.9. The minimum absolute atomic E-state index is 0.00566. The van der Waals surface area contributed by atoms with Crippen molar-refractivity contribution >= 4 is 23.5 Å². The Morgan fingerprint density at radius 2 is 1.59 bits per heavy atom. The summed E-state index contributed by atoms with van der Waals surface area (Å²) in [5.41, 5.74) is 0.696. The van der Waals surface area contributed by atoms with E-state index in [0.29, 0.717) is 11.3 Å². The number of methoxy groups -OCH3 is 1. The van der Waals surface area contributed by atoms with Crippen molar-refractivity contribution in [1.82, 2.24) is 15.2 Å². The van der Waals surface area contributed by atoms with E-state index in [2.05, 4.69) is 15.2 Å². The molecular formula is C34H29F3N4O5. The summed E-state index contributed by atoms with van der Waals surface area (Å²) in [6.07, 6.45) is -5.24. The molecule has 0 bridgehead atoms. The fraction of sp³-hybridized carbons (Fsp3) is 0.235. The monoisotopic (exact) mass is 630 g/mol. The van der Waals surface area contributed by atoms with Crippen LogP contribution < -0.4 is 4.90 Å². The van der Waals surface area contributed by atoms with Crippen LogP contribution in [0.25, 0.3) is 0 Å². The van der Waals surface area contributed by atoms with E-state index in [1.54, 1.807) is 67.6 Å². The van der Waals surface area contributed by atoms with Gasteiger partial charge in [0.1, 0.15) is 5.69 Å². The summed E-state index contributed by atoms with van der Waals surface area (Å²) >= 11 is 0. The molecule has 9 nitrogen and oxygen atoms in total. The highest BCUT2D eigenvalue weighted by Gasteiger charge is 2.48. The first-order valence-corrected chi connectivity index (χ1v) is 14.3. The summed E-state index contributed by atoms with van der Waals surface area (Å²) < 4.78 is 51.5. The van der Waals surface area contributed by atoms with E-state index in [-0.39, 0.29) is 28.4 Å². The number of Topliss-reactive ketones (excluding diaryl/α,β-unsaturated/α-hetero) is 1. The Labute approximate surface area is 262 Å². The van der Waals surface area contributed by atoms with Gasteiger partial charge in [0, 0.05) is 17.3 Å². The third kappa shape index (κ3) is 6.37. The van der Waals surface area contributed by atoms with Crippen LogP contribution in [0, 0.1) is 6.92 Å². The number of pyridine rings is 1. The lowest BCUT2D eigenvalue weighted by Gasteiger charge is -2.25. The van der Waals surface area contributed by atoms with Gasteiger partial charge in [-0.05, 0) is 42.2 Å². The number of rotatable bonds is 9. The Bertz CT molecular complexity index is 1770. The molecule has 4 aromatic rings. The van der Waals surface area contributed by atoms with Crippen molar-refractivity contribution in [2.24, 2.45) is 0 Å². The first-order chi connectivity index (χ1) is 21.9. The van der Waals surface area contributed by atoms with Crippen LogP contribution in [0.2, 0.25) is 0 Å². The first-order valence-electron chi connectivity index (χ1n) is 14.3. The molecule has 0 aliphatic carbocycles. The van der Waals surface area contributed by atoms with Gasteiger partial charge in [-0.1, -0.05) is 74.5 Å². The maximum absolute atomic E-state index is 14.4. The lowest BCUT2D eigenvalue weighted by molar-refractivity contribution is -0.152. The number of hydrogen-bond donors (Lipinski definition) is 0. The van der Waals surface area contributed by atoms with Gasteiger partial charge in [0.05, 0.1) is 24.4 Å². The maximum Gasteiger partial charge on any atom is 0.433 e. The molecule has 236 valence electrons. The second-order valence-electron chi connectivity index (χ2n) is 10.9. The number of amides is 1. The number of ketones is 1. The number of aryl methyl sites for hydroxylation is 1. The fourth-order valence-corrected chi connectivity index (χ4v) is 5.02. The number of anilines is 1. The maximum atomic E-state index is 14.4. The van der Waals surface area contributed by atoms with Gasteiger partial charge in [-0.3, -0.25) is 19.5 Å². The summed E-state index contributed by atoms with van der Waals surface area (Å²) in [5.74, 6) is -2.69. The van der Waals surface area contributed by atoms with Crippen LogP contribution in [0.3, 0.4) is 0 Å². The van der Waals surface area contributed by atoms with Crippen molar-refractivity contribution in [2.45, 2.75) is 45.0 Å². The zero-order chi connectivity index (χ0) is 33.2. The molecule has 0 saturated heterocycles. The summed E-state index contributed by atoms with van der Waals surface area (Å²) in [6, 6.07) is 18.6. The van der Waals surface area contributed by atoms with Gasteiger partial charge in [0.25, 0.3) is 5.91 Å². The number of carbonyl (C=O) groups is 3. The van der Waals surface area contributed by atoms with Crippen LogP contribution >= 0.6 is 0 Å². The molecule has 1 unspecified atom stereocenters. The molecule has 2 atom stereocenters. The van der Waals surface area contributed by atoms with Crippen molar-refractivity contribution in [2.75, 3.05) is 12.0 Å². The highest BCUT2D eigenvalue weighted by atomic mass is 19.4. The Balaban J connectivity index is 1.74. The quantitative estimate of drug-likeness (QED) is 0.153. The van der Waals surface area contributed by atoms with Gasteiger partial charge in [-0.2, -0.15) is 18.3 Å². The van der Waals surface area contributed by atoms with Gasteiger partial charge in [-0.25, -0.2) is 4.79 Å². The number of alkyl halides is 3. The Hall–Kier alpha value is -5.39. The number of hydrogen-bond acceptors (Lipinski definition) is 8. The first kappa shape index (κ1) is 32.0. The second-order valence-corrected chi connectivity index (χ2v) is 10.9. The zero-order valence-corrected chi connectivity index (χ0v) is 25.3. The number of nitrogens with zero attached hydrogens (tertiary/aromatic N) is 4. The predicted octanol–water partition coefficient (Wildman–Crippen LogP) is 6.48. The Morgan fingerprint density at radius 3 is 2.13 bits per heavy atom. The topological polar surface area (TPSA) is 112 Å². The summed E-state index contributed by atoms with van der Waals surface area (Å²) in [6.45, 7) is 5.67. The van der Waals surface area contributed by atoms with E-state index in [0.717, 1.165) is 35.9 Å². The van der Waals surface area contributed by atoms with E-state index in [9.17, 15) is 27.6 Å². The molecule has 2 aromatic heterocycles. The molecule has 0 spiro atoms. The molecule has 0 saturated carbocycles. The highest BCUT2D eigenvalue weighted by molar-refractivity contribution is 6.21. The molecule has 0 fully saturated rings.